The third-order valence-electron chi connectivity index (χ3n) is 11.1. The SMILES string of the molecule is COC(=O)CC[C@@H](C)C1CCC2C3C(CC[C@@]21C)[C@@]1(C)CCC(C)C[C@H]1C[C@H]3NS(C)(=O)=O. The molecule has 4 fully saturated rings. The molecule has 0 amide bonds. The highest BCUT2D eigenvalue weighted by Gasteiger charge is 2.63. The molecule has 4 saturated carbocycles. The number of carbonyl (C=O) groups is 1. The molecule has 0 spiro atoms. The van der Waals surface area contributed by atoms with E-state index in [0.717, 1.165) is 18.8 Å². The Bertz CT molecular complexity index is 843. The Labute approximate surface area is 202 Å². The van der Waals surface area contributed by atoms with Crippen molar-refractivity contribution in [3.63, 3.8) is 0 Å². The Morgan fingerprint density at radius 3 is 2.39 bits per heavy atom. The van der Waals surface area contributed by atoms with E-state index < -0.39 is 10.0 Å². The van der Waals surface area contributed by atoms with E-state index in [4.69, 9.17) is 4.74 Å². The van der Waals surface area contributed by atoms with Crippen molar-refractivity contribution in [2.45, 2.75) is 97.9 Å². The smallest absolute Gasteiger partial charge is 0.305 e. The van der Waals surface area contributed by atoms with Crippen molar-refractivity contribution in [2.75, 3.05) is 13.4 Å². The molecular weight excluding hydrogens is 434 g/mol. The van der Waals surface area contributed by atoms with E-state index in [1.165, 1.54) is 58.3 Å². The van der Waals surface area contributed by atoms with Gasteiger partial charge >= 0.3 is 5.97 Å². The van der Waals surface area contributed by atoms with Crippen LogP contribution in [0.15, 0.2) is 0 Å². The topological polar surface area (TPSA) is 72.5 Å². The molecule has 0 aliphatic heterocycles. The van der Waals surface area contributed by atoms with Gasteiger partial charge in [-0.05, 0) is 104 Å². The maximum atomic E-state index is 12.4. The quantitative estimate of drug-likeness (QED) is 0.516. The normalized spacial score (nSPS) is 46.1. The Morgan fingerprint density at radius 1 is 1.06 bits per heavy atom. The van der Waals surface area contributed by atoms with Crippen LogP contribution in [0.2, 0.25) is 0 Å². The fourth-order valence-electron chi connectivity index (χ4n) is 9.50. The summed E-state index contributed by atoms with van der Waals surface area (Å²) in [5, 5.41) is 0. The lowest BCUT2D eigenvalue weighted by atomic mass is 9.43. The highest BCUT2D eigenvalue weighted by atomic mass is 32.2. The lowest BCUT2D eigenvalue weighted by Gasteiger charge is -2.63. The van der Waals surface area contributed by atoms with Gasteiger partial charge in [0.25, 0.3) is 0 Å². The summed E-state index contributed by atoms with van der Waals surface area (Å²) in [7, 11) is -1.78. The number of ether oxygens (including phenoxy) is 1. The van der Waals surface area contributed by atoms with E-state index in [2.05, 4.69) is 32.4 Å². The summed E-state index contributed by atoms with van der Waals surface area (Å²) in [6, 6.07) is 0.0714. The molecule has 0 heterocycles. The number of rotatable bonds is 6. The van der Waals surface area contributed by atoms with Crippen molar-refractivity contribution in [3.05, 3.63) is 0 Å². The zero-order valence-electron chi connectivity index (χ0n) is 21.7. The molecule has 1 N–H and O–H groups in total. The molecule has 33 heavy (non-hydrogen) atoms. The van der Waals surface area contributed by atoms with Gasteiger partial charge in [-0.25, -0.2) is 13.1 Å². The van der Waals surface area contributed by atoms with Gasteiger partial charge in [0.1, 0.15) is 0 Å². The second kappa shape index (κ2) is 9.11. The number of methoxy groups -OCH3 is 1. The van der Waals surface area contributed by atoms with Crippen LogP contribution in [0.3, 0.4) is 0 Å². The van der Waals surface area contributed by atoms with Gasteiger partial charge in [-0.1, -0.05) is 34.1 Å². The molecular formula is C27H47NO4S. The number of fused-ring (bicyclic) bond motifs is 5. The minimum absolute atomic E-state index is 0.0714. The summed E-state index contributed by atoms with van der Waals surface area (Å²) >= 11 is 0. The van der Waals surface area contributed by atoms with E-state index in [0.29, 0.717) is 47.3 Å². The Morgan fingerprint density at radius 2 is 1.73 bits per heavy atom. The number of hydrogen-bond acceptors (Lipinski definition) is 4. The molecule has 5 nitrogen and oxygen atoms in total. The summed E-state index contributed by atoms with van der Waals surface area (Å²) in [4.78, 5) is 11.8. The standard InChI is InChI=1S/C27H47NO4S/c1-17-11-13-26(3)19(15-17)16-23(28-33(6,30)31)25-21-9-8-20(18(2)7-10-24(29)32-5)27(21,4)14-12-22(25)26/h17-23,25,28H,7-16H2,1-6H3/t17?,18-,19+,20?,21?,22?,23-,25?,26+,27-/m1/s1. The van der Waals surface area contributed by atoms with Gasteiger partial charge < -0.3 is 4.74 Å². The van der Waals surface area contributed by atoms with Gasteiger partial charge in [-0.2, -0.15) is 0 Å². The minimum atomic E-state index is -3.25. The van der Waals surface area contributed by atoms with Crippen LogP contribution in [0.5, 0.6) is 0 Å². The third kappa shape index (κ3) is 4.64. The van der Waals surface area contributed by atoms with Crippen LogP contribution >= 0.6 is 0 Å². The molecule has 5 unspecified atom stereocenters. The summed E-state index contributed by atoms with van der Waals surface area (Å²) in [6.45, 7) is 9.74. The van der Waals surface area contributed by atoms with Crippen LogP contribution in [-0.2, 0) is 19.6 Å². The average Bonchev–Trinajstić information content (AvgIpc) is 3.09. The molecule has 0 aromatic heterocycles. The average molecular weight is 482 g/mol. The largest absolute Gasteiger partial charge is 0.469 e. The molecule has 4 aliphatic carbocycles. The summed E-state index contributed by atoms with van der Waals surface area (Å²) in [6.07, 6.45) is 12.5. The Kier molecular flexibility index (Phi) is 7.03. The van der Waals surface area contributed by atoms with Gasteiger partial charge in [0.2, 0.25) is 10.0 Å². The number of nitrogens with one attached hydrogen (secondary N) is 1. The van der Waals surface area contributed by atoms with Crippen molar-refractivity contribution < 1.29 is 17.9 Å². The van der Waals surface area contributed by atoms with Gasteiger partial charge in [0, 0.05) is 12.5 Å². The fourth-order valence-corrected chi connectivity index (χ4v) is 10.3. The van der Waals surface area contributed by atoms with Gasteiger partial charge in [-0.15, -0.1) is 0 Å². The Hall–Kier alpha value is -0.620. The van der Waals surface area contributed by atoms with Crippen molar-refractivity contribution in [2.24, 2.45) is 52.3 Å². The van der Waals surface area contributed by atoms with Crippen LogP contribution in [0.4, 0.5) is 0 Å². The minimum Gasteiger partial charge on any atom is -0.469 e. The van der Waals surface area contributed by atoms with Crippen LogP contribution < -0.4 is 4.72 Å². The monoisotopic (exact) mass is 481 g/mol. The maximum Gasteiger partial charge on any atom is 0.305 e. The molecule has 4 aliphatic rings. The van der Waals surface area contributed by atoms with Crippen molar-refractivity contribution in [1.29, 1.82) is 0 Å². The Balaban J connectivity index is 1.62. The summed E-state index contributed by atoms with van der Waals surface area (Å²) < 4.78 is 32.9. The molecule has 0 aromatic carbocycles. The number of sulfonamides is 1. The number of esters is 1. The van der Waals surface area contributed by atoms with Crippen LogP contribution in [-0.4, -0.2) is 33.8 Å². The maximum absolute atomic E-state index is 12.4. The molecule has 190 valence electrons. The molecule has 4 rings (SSSR count). The van der Waals surface area contributed by atoms with Crippen LogP contribution in [0, 0.1) is 52.3 Å². The zero-order valence-corrected chi connectivity index (χ0v) is 22.5. The van der Waals surface area contributed by atoms with E-state index in [1.54, 1.807) is 0 Å². The molecule has 6 heteroatoms. The van der Waals surface area contributed by atoms with E-state index >= 15 is 0 Å². The molecule has 10 atom stereocenters. The zero-order chi connectivity index (χ0) is 24.2. The second-order valence-electron chi connectivity index (χ2n) is 12.9. The first-order valence-corrected chi connectivity index (χ1v) is 15.3. The van der Waals surface area contributed by atoms with Crippen molar-refractivity contribution >= 4 is 16.0 Å². The third-order valence-corrected chi connectivity index (χ3v) is 11.9. The van der Waals surface area contributed by atoms with Crippen molar-refractivity contribution in [1.82, 2.24) is 4.72 Å². The molecule has 0 saturated heterocycles. The van der Waals surface area contributed by atoms with E-state index in [1.807, 2.05) is 0 Å². The highest BCUT2D eigenvalue weighted by Crippen LogP contribution is 2.68. The molecule has 0 radical (unpaired) electrons. The number of hydrogen-bond donors (Lipinski definition) is 1. The van der Waals surface area contributed by atoms with E-state index in [-0.39, 0.29) is 17.4 Å². The van der Waals surface area contributed by atoms with Gasteiger partial charge in [-0.3, -0.25) is 4.79 Å². The molecule has 0 aromatic rings. The van der Waals surface area contributed by atoms with Gasteiger partial charge in [0.15, 0.2) is 0 Å². The van der Waals surface area contributed by atoms with E-state index in [9.17, 15) is 13.2 Å². The van der Waals surface area contributed by atoms with Crippen LogP contribution in [0.25, 0.3) is 0 Å². The first kappa shape index (κ1) is 25.5. The lowest BCUT2D eigenvalue weighted by molar-refractivity contribution is -0.141. The highest BCUT2D eigenvalue weighted by molar-refractivity contribution is 7.88. The predicted octanol–water partition coefficient (Wildman–Crippen LogP) is 5.40. The lowest BCUT2D eigenvalue weighted by Crippen LogP contribution is -2.61. The number of carbonyl (C=O) groups excluding carboxylic acids is 1. The first-order valence-electron chi connectivity index (χ1n) is 13.4. The fraction of sp³-hybridized carbons (Fsp3) is 0.963. The molecule has 0 bridgehead atoms. The summed E-state index contributed by atoms with van der Waals surface area (Å²) in [5.74, 6) is 3.97. The van der Waals surface area contributed by atoms with Crippen LogP contribution in [0.1, 0.15) is 91.9 Å². The first-order chi connectivity index (χ1) is 15.4. The van der Waals surface area contributed by atoms with Crippen molar-refractivity contribution in [3.8, 4) is 0 Å². The summed E-state index contributed by atoms with van der Waals surface area (Å²) in [5.41, 5.74) is 0.585. The second-order valence-corrected chi connectivity index (χ2v) is 14.7. The van der Waals surface area contributed by atoms with Gasteiger partial charge in [0.05, 0.1) is 13.4 Å². The predicted molar refractivity (Wildman–Crippen MR) is 132 cm³/mol.